The van der Waals surface area contributed by atoms with Gasteiger partial charge < -0.3 is 10.6 Å². The number of benzene rings is 1. The average molecular weight is 351 g/mol. The van der Waals surface area contributed by atoms with Gasteiger partial charge in [-0.3, -0.25) is 9.89 Å². The number of alkyl halides is 3. The second-order valence-electron chi connectivity index (χ2n) is 5.16. The lowest BCUT2D eigenvalue weighted by molar-refractivity contribution is -0.142. The fourth-order valence-electron chi connectivity index (χ4n) is 1.99. The third kappa shape index (κ3) is 9.30. The molecule has 0 bridgehead atoms. The van der Waals surface area contributed by atoms with E-state index >= 15 is 0 Å². The fourth-order valence-corrected chi connectivity index (χ4v) is 2.20. The summed E-state index contributed by atoms with van der Waals surface area (Å²) in [5.74, 6) is 0.562. The summed E-state index contributed by atoms with van der Waals surface area (Å²) in [6.07, 6.45) is -3.40. The van der Waals surface area contributed by atoms with E-state index in [2.05, 4.69) is 15.6 Å². The van der Waals surface area contributed by atoms with Crippen LogP contribution >= 0.6 is 11.6 Å². The quantitative estimate of drug-likeness (QED) is 0.586. The van der Waals surface area contributed by atoms with Gasteiger partial charge in [0.05, 0.1) is 6.54 Å². The first kappa shape index (κ1) is 19.6. The number of rotatable bonds is 7. The molecule has 0 aliphatic carbocycles. The molecular weight excluding hydrogens is 329 g/mol. The van der Waals surface area contributed by atoms with E-state index in [-0.39, 0.29) is 6.54 Å². The Morgan fingerprint density at radius 2 is 1.96 bits per heavy atom. The molecule has 0 atom stereocenters. The monoisotopic (exact) mass is 350 g/mol. The van der Waals surface area contributed by atoms with Crippen molar-refractivity contribution in [2.75, 3.05) is 40.3 Å². The highest BCUT2D eigenvalue weighted by atomic mass is 35.5. The van der Waals surface area contributed by atoms with Crippen molar-refractivity contribution in [3.8, 4) is 0 Å². The van der Waals surface area contributed by atoms with Crippen molar-refractivity contribution in [2.24, 2.45) is 4.99 Å². The molecular formula is C15H22ClF3N4. The minimum absolute atomic E-state index is 0.272. The second-order valence-corrected chi connectivity index (χ2v) is 5.60. The Kier molecular flexibility index (Phi) is 8.19. The Hall–Kier alpha value is -1.47. The van der Waals surface area contributed by atoms with Gasteiger partial charge in [-0.1, -0.05) is 23.7 Å². The van der Waals surface area contributed by atoms with E-state index in [0.717, 1.165) is 12.0 Å². The van der Waals surface area contributed by atoms with Crippen LogP contribution in [0.3, 0.4) is 0 Å². The smallest absolute Gasteiger partial charge is 0.356 e. The van der Waals surface area contributed by atoms with Crippen LogP contribution in [0.1, 0.15) is 5.56 Å². The van der Waals surface area contributed by atoms with Crippen molar-refractivity contribution in [3.05, 3.63) is 34.9 Å². The van der Waals surface area contributed by atoms with Crippen LogP contribution in [0.15, 0.2) is 29.3 Å². The number of hydrogen-bond acceptors (Lipinski definition) is 2. The molecule has 23 heavy (non-hydrogen) atoms. The Morgan fingerprint density at radius 1 is 1.26 bits per heavy atom. The molecule has 0 heterocycles. The van der Waals surface area contributed by atoms with Crippen LogP contribution in [0.5, 0.6) is 0 Å². The van der Waals surface area contributed by atoms with E-state index in [1.165, 1.54) is 11.9 Å². The lowest BCUT2D eigenvalue weighted by atomic mass is 10.1. The number of likely N-dealkylation sites (N-methyl/N-ethyl adjacent to an activating group) is 1. The molecule has 1 aromatic carbocycles. The SMILES string of the molecule is CN=C(NCCc1cccc(Cl)c1)NCCN(C)CC(F)(F)F. The van der Waals surface area contributed by atoms with Gasteiger partial charge in [-0.05, 0) is 31.2 Å². The van der Waals surface area contributed by atoms with Gasteiger partial charge in [0.1, 0.15) is 0 Å². The van der Waals surface area contributed by atoms with Crippen molar-refractivity contribution >= 4 is 17.6 Å². The number of nitrogens with zero attached hydrogens (tertiary/aromatic N) is 2. The van der Waals surface area contributed by atoms with Gasteiger partial charge in [0.15, 0.2) is 5.96 Å². The van der Waals surface area contributed by atoms with Crippen molar-refractivity contribution < 1.29 is 13.2 Å². The molecule has 0 aliphatic rings. The number of guanidine groups is 1. The molecule has 130 valence electrons. The fraction of sp³-hybridized carbons (Fsp3) is 0.533. The van der Waals surface area contributed by atoms with Crippen LogP contribution in [0.4, 0.5) is 13.2 Å². The van der Waals surface area contributed by atoms with Crippen molar-refractivity contribution in [1.82, 2.24) is 15.5 Å². The Morgan fingerprint density at radius 3 is 2.57 bits per heavy atom. The predicted octanol–water partition coefficient (Wildman–Crippen LogP) is 2.54. The van der Waals surface area contributed by atoms with E-state index in [1.807, 2.05) is 24.3 Å². The normalized spacial score (nSPS) is 12.6. The van der Waals surface area contributed by atoms with Gasteiger partial charge in [-0.25, -0.2) is 0 Å². The Labute approximate surface area is 139 Å². The minimum Gasteiger partial charge on any atom is -0.356 e. The molecule has 0 saturated heterocycles. The van der Waals surface area contributed by atoms with Crippen molar-refractivity contribution in [1.29, 1.82) is 0 Å². The van der Waals surface area contributed by atoms with E-state index in [1.54, 1.807) is 7.05 Å². The summed E-state index contributed by atoms with van der Waals surface area (Å²) in [7, 11) is 3.05. The molecule has 0 spiro atoms. The predicted molar refractivity (Wildman–Crippen MR) is 88.1 cm³/mol. The summed E-state index contributed by atoms with van der Waals surface area (Å²) in [6.45, 7) is 0.381. The van der Waals surface area contributed by atoms with Crippen molar-refractivity contribution in [2.45, 2.75) is 12.6 Å². The first-order valence-electron chi connectivity index (χ1n) is 7.24. The number of halogens is 4. The third-order valence-corrected chi connectivity index (χ3v) is 3.29. The number of aliphatic imine (C=N–C) groups is 1. The third-order valence-electron chi connectivity index (χ3n) is 3.05. The zero-order chi connectivity index (χ0) is 17.3. The van der Waals surface area contributed by atoms with Crippen LogP contribution in [0.2, 0.25) is 5.02 Å². The van der Waals surface area contributed by atoms with Gasteiger partial charge in [-0.15, -0.1) is 0 Å². The van der Waals surface area contributed by atoms with E-state index < -0.39 is 12.7 Å². The van der Waals surface area contributed by atoms with Crippen LogP contribution in [-0.4, -0.2) is 57.3 Å². The zero-order valence-corrected chi connectivity index (χ0v) is 14.0. The maximum atomic E-state index is 12.2. The zero-order valence-electron chi connectivity index (χ0n) is 13.3. The highest BCUT2D eigenvalue weighted by molar-refractivity contribution is 6.30. The first-order valence-corrected chi connectivity index (χ1v) is 7.62. The summed E-state index contributed by atoms with van der Waals surface area (Å²) in [4.78, 5) is 5.25. The van der Waals surface area contributed by atoms with E-state index in [0.29, 0.717) is 24.1 Å². The van der Waals surface area contributed by atoms with Crippen LogP contribution in [0.25, 0.3) is 0 Å². The summed E-state index contributed by atoms with van der Waals surface area (Å²) in [5.41, 5.74) is 1.10. The maximum absolute atomic E-state index is 12.2. The Bertz CT molecular complexity index is 506. The topological polar surface area (TPSA) is 39.7 Å². The molecule has 2 N–H and O–H groups in total. The summed E-state index contributed by atoms with van der Waals surface area (Å²) < 4.78 is 36.6. The molecule has 8 heteroatoms. The standard InChI is InChI=1S/C15H22ClF3N4/c1-20-14(22-8-9-23(2)11-15(17,18)19)21-7-6-12-4-3-5-13(16)10-12/h3-5,10H,6-9,11H2,1-2H3,(H2,20,21,22). The number of nitrogens with one attached hydrogen (secondary N) is 2. The van der Waals surface area contributed by atoms with Crippen LogP contribution in [0, 0.1) is 0 Å². The molecule has 0 aliphatic heterocycles. The van der Waals surface area contributed by atoms with Gasteiger partial charge in [-0.2, -0.15) is 13.2 Å². The lowest BCUT2D eigenvalue weighted by Gasteiger charge is -2.19. The van der Waals surface area contributed by atoms with Gasteiger partial charge >= 0.3 is 6.18 Å². The molecule has 0 fully saturated rings. The molecule has 0 saturated carbocycles. The number of hydrogen-bond donors (Lipinski definition) is 2. The van der Waals surface area contributed by atoms with Gasteiger partial charge in [0.25, 0.3) is 0 Å². The first-order chi connectivity index (χ1) is 10.8. The molecule has 0 radical (unpaired) electrons. The summed E-state index contributed by atoms with van der Waals surface area (Å²) in [5, 5.41) is 6.79. The molecule has 4 nitrogen and oxygen atoms in total. The summed E-state index contributed by atoms with van der Waals surface area (Å²) >= 11 is 5.92. The maximum Gasteiger partial charge on any atom is 0.401 e. The largest absolute Gasteiger partial charge is 0.401 e. The minimum atomic E-state index is -4.17. The second kappa shape index (κ2) is 9.62. The molecule has 0 amide bonds. The van der Waals surface area contributed by atoms with Gasteiger partial charge in [0.2, 0.25) is 0 Å². The van der Waals surface area contributed by atoms with Gasteiger partial charge in [0, 0.05) is 31.7 Å². The molecule has 0 unspecified atom stereocenters. The van der Waals surface area contributed by atoms with E-state index in [4.69, 9.17) is 11.6 Å². The van der Waals surface area contributed by atoms with Crippen LogP contribution < -0.4 is 10.6 Å². The highest BCUT2D eigenvalue weighted by Crippen LogP contribution is 2.15. The highest BCUT2D eigenvalue weighted by Gasteiger charge is 2.28. The van der Waals surface area contributed by atoms with Crippen LogP contribution in [-0.2, 0) is 6.42 Å². The average Bonchev–Trinajstić information content (AvgIpc) is 2.43. The van der Waals surface area contributed by atoms with Crippen molar-refractivity contribution in [3.63, 3.8) is 0 Å². The molecule has 1 aromatic rings. The molecule has 0 aromatic heterocycles. The lowest BCUT2D eigenvalue weighted by Crippen LogP contribution is -2.42. The molecule has 1 rings (SSSR count). The Balaban J connectivity index is 2.24. The summed E-state index contributed by atoms with van der Waals surface area (Å²) in [6, 6.07) is 7.58. The van der Waals surface area contributed by atoms with E-state index in [9.17, 15) is 13.2 Å².